The standard InChI is InChI=1S/C12H23NO4/c1-5-12(6-2,11(15)16)9-10(14)13(3)7-8-17-4/h5-9H2,1-4H3,(H,15,16). The first-order chi connectivity index (χ1) is 7.93. The van der Waals surface area contributed by atoms with Gasteiger partial charge in [0.05, 0.1) is 12.0 Å². The lowest BCUT2D eigenvalue weighted by atomic mass is 9.79. The lowest BCUT2D eigenvalue weighted by molar-refractivity contribution is -0.154. The molecule has 1 N–H and O–H groups in total. The Morgan fingerprint density at radius 3 is 2.18 bits per heavy atom. The maximum absolute atomic E-state index is 11.9. The van der Waals surface area contributed by atoms with Crippen LogP contribution in [0.3, 0.4) is 0 Å². The van der Waals surface area contributed by atoms with E-state index in [0.717, 1.165) is 0 Å². The summed E-state index contributed by atoms with van der Waals surface area (Å²) >= 11 is 0. The second-order valence-electron chi connectivity index (χ2n) is 4.28. The normalized spacial score (nSPS) is 11.3. The SMILES string of the molecule is CCC(CC)(CC(=O)N(C)CCOC)C(=O)O. The summed E-state index contributed by atoms with van der Waals surface area (Å²) in [7, 11) is 3.23. The Hall–Kier alpha value is -1.10. The average molecular weight is 245 g/mol. The zero-order valence-corrected chi connectivity index (χ0v) is 11.2. The van der Waals surface area contributed by atoms with Crippen molar-refractivity contribution in [2.24, 2.45) is 5.41 Å². The fourth-order valence-corrected chi connectivity index (χ4v) is 1.66. The maximum atomic E-state index is 11.9. The maximum Gasteiger partial charge on any atom is 0.310 e. The minimum atomic E-state index is -0.932. The molecule has 0 atom stereocenters. The van der Waals surface area contributed by atoms with Crippen LogP contribution in [0.4, 0.5) is 0 Å². The third kappa shape index (κ3) is 4.34. The number of nitrogens with zero attached hydrogens (tertiary/aromatic N) is 1. The van der Waals surface area contributed by atoms with Crippen molar-refractivity contribution < 1.29 is 19.4 Å². The van der Waals surface area contributed by atoms with Gasteiger partial charge in [-0.2, -0.15) is 0 Å². The highest BCUT2D eigenvalue weighted by Crippen LogP contribution is 2.31. The summed E-state index contributed by atoms with van der Waals surface area (Å²) in [6.45, 7) is 4.55. The van der Waals surface area contributed by atoms with Gasteiger partial charge in [0.1, 0.15) is 0 Å². The molecule has 0 heterocycles. The molecule has 0 radical (unpaired) electrons. The fraction of sp³-hybridized carbons (Fsp3) is 0.833. The second-order valence-corrected chi connectivity index (χ2v) is 4.28. The number of carboxylic acids is 1. The van der Waals surface area contributed by atoms with Gasteiger partial charge in [-0.1, -0.05) is 13.8 Å². The van der Waals surface area contributed by atoms with Crippen molar-refractivity contribution in [3.63, 3.8) is 0 Å². The molecule has 100 valence electrons. The van der Waals surface area contributed by atoms with Crippen LogP contribution in [0.5, 0.6) is 0 Å². The molecule has 0 bridgehead atoms. The van der Waals surface area contributed by atoms with Crippen molar-refractivity contribution in [1.82, 2.24) is 4.90 Å². The number of hydrogen-bond acceptors (Lipinski definition) is 3. The van der Waals surface area contributed by atoms with Crippen LogP contribution in [0.1, 0.15) is 33.1 Å². The van der Waals surface area contributed by atoms with Crippen LogP contribution < -0.4 is 0 Å². The molecule has 0 saturated carbocycles. The van der Waals surface area contributed by atoms with E-state index in [4.69, 9.17) is 4.74 Å². The summed E-state index contributed by atoms with van der Waals surface area (Å²) in [6.07, 6.45) is 0.973. The monoisotopic (exact) mass is 245 g/mol. The topological polar surface area (TPSA) is 66.8 Å². The Bertz CT molecular complexity index is 261. The van der Waals surface area contributed by atoms with Crippen LogP contribution in [0.2, 0.25) is 0 Å². The van der Waals surface area contributed by atoms with Gasteiger partial charge in [-0.25, -0.2) is 0 Å². The summed E-state index contributed by atoms with van der Waals surface area (Å²) in [5.74, 6) is -1.04. The highest BCUT2D eigenvalue weighted by molar-refractivity contribution is 5.84. The van der Waals surface area contributed by atoms with Crippen LogP contribution in [0.25, 0.3) is 0 Å². The quantitative estimate of drug-likeness (QED) is 0.701. The molecule has 0 rings (SSSR count). The number of rotatable bonds is 8. The van der Waals surface area contributed by atoms with Gasteiger partial charge in [-0.15, -0.1) is 0 Å². The van der Waals surface area contributed by atoms with E-state index in [1.807, 2.05) is 0 Å². The van der Waals surface area contributed by atoms with Crippen LogP contribution >= 0.6 is 0 Å². The molecule has 5 nitrogen and oxygen atoms in total. The third-order valence-corrected chi connectivity index (χ3v) is 3.35. The molecule has 0 aromatic heterocycles. The van der Waals surface area contributed by atoms with E-state index in [1.54, 1.807) is 28.0 Å². The Morgan fingerprint density at radius 2 is 1.82 bits per heavy atom. The molecule has 0 spiro atoms. The van der Waals surface area contributed by atoms with Crippen molar-refractivity contribution in [3.8, 4) is 0 Å². The molecule has 0 aromatic carbocycles. The molecule has 0 aliphatic rings. The first-order valence-electron chi connectivity index (χ1n) is 5.89. The number of ether oxygens (including phenoxy) is 1. The van der Waals surface area contributed by atoms with E-state index in [2.05, 4.69) is 0 Å². The van der Waals surface area contributed by atoms with Crippen LogP contribution in [0, 0.1) is 5.41 Å². The lowest BCUT2D eigenvalue weighted by Gasteiger charge is -2.28. The molecular weight excluding hydrogens is 222 g/mol. The summed E-state index contributed by atoms with van der Waals surface area (Å²) in [4.78, 5) is 24.7. The fourth-order valence-electron chi connectivity index (χ4n) is 1.66. The second kappa shape index (κ2) is 7.27. The van der Waals surface area contributed by atoms with E-state index < -0.39 is 11.4 Å². The summed E-state index contributed by atoms with van der Waals surface area (Å²) in [6, 6.07) is 0. The van der Waals surface area contributed by atoms with Gasteiger partial charge in [0.2, 0.25) is 5.91 Å². The number of amides is 1. The summed E-state index contributed by atoms with van der Waals surface area (Å²) in [5, 5.41) is 9.24. The van der Waals surface area contributed by atoms with E-state index in [9.17, 15) is 14.7 Å². The molecule has 0 saturated heterocycles. The van der Waals surface area contributed by atoms with Crippen LogP contribution in [-0.4, -0.2) is 49.2 Å². The van der Waals surface area contributed by atoms with Crippen molar-refractivity contribution in [3.05, 3.63) is 0 Å². The average Bonchev–Trinajstić information content (AvgIpc) is 2.32. The molecule has 17 heavy (non-hydrogen) atoms. The number of carboxylic acid groups (broad SMARTS) is 1. The third-order valence-electron chi connectivity index (χ3n) is 3.35. The summed E-state index contributed by atoms with van der Waals surface area (Å²) < 4.78 is 4.88. The largest absolute Gasteiger partial charge is 0.481 e. The van der Waals surface area contributed by atoms with E-state index >= 15 is 0 Å². The van der Waals surface area contributed by atoms with Crippen molar-refractivity contribution in [2.45, 2.75) is 33.1 Å². The minimum absolute atomic E-state index is 0.0511. The van der Waals surface area contributed by atoms with Gasteiger partial charge in [-0.3, -0.25) is 9.59 Å². The van der Waals surface area contributed by atoms with Gasteiger partial charge < -0.3 is 14.7 Å². The van der Waals surface area contributed by atoms with Crippen molar-refractivity contribution in [1.29, 1.82) is 0 Å². The van der Waals surface area contributed by atoms with Gasteiger partial charge >= 0.3 is 5.97 Å². The van der Waals surface area contributed by atoms with Crippen molar-refractivity contribution in [2.75, 3.05) is 27.3 Å². The van der Waals surface area contributed by atoms with Crippen LogP contribution in [-0.2, 0) is 14.3 Å². The summed E-state index contributed by atoms with van der Waals surface area (Å²) in [5.41, 5.74) is -0.932. The minimum Gasteiger partial charge on any atom is -0.481 e. The first-order valence-corrected chi connectivity index (χ1v) is 5.89. The zero-order chi connectivity index (χ0) is 13.5. The molecule has 5 heteroatoms. The molecule has 0 aliphatic carbocycles. The van der Waals surface area contributed by atoms with E-state index in [0.29, 0.717) is 26.0 Å². The molecule has 1 amide bonds. The molecule has 0 unspecified atom stereocenters. The predicted octanol–water partition coefficient (Wildman–Crippen LogP) is 1.37. The number of carbonyl (C=O) groups is 2. The highest BCUT2D eigenvalue weighted by atomic mass is 16.5. The van der Waals surface area contributed by atoms with E-state index in [1.165, 1.54) is 4.90 Å². The molecule has 0 aliphatic heterocycles. The molecule has 0 fully saturated rings. The number of carbonyl (C=O) groups excluding carboxylic acids is 1. The number of likely N-dealkylation sites (N-methyl/N-ethyl adjacent to an activating group) is 1. The zero-order valence-electron chi connectivity index (χ0n) is 11.2. The first kappa shape index (κ1) is 15.9. The lowest BCUT2D eigenvalue weighted by Crippen LogP contribution is -2.38. The van der Waals surface area contributed by atoms with Gasteiger partial charge in [-0.05, 0) is 12.8 Å². The Balaban J connectivity index is 4.56. The highest BCUT2D eigenvalue weighted by Gasteiger charge is 2.37. The van der Waals surface area contributed by atoms with Gasteiger partial charge in [0.15, 0.2) is 0 Å². The van der Waals surface area contributed by atoms with Gasteiger partial charge in [0.25, 0.3) is 0 Å². The molecular formula is C12H23NO4. The van der Waals surface area contributed by atoms with E-state index in [-0.39, 0.29) is 12.3 Å². The molecule has 0 aromatic rings. The smallest absolute Gasteiger partial charge is 0.310 e. The van der Waals surface area contributed by atoms with Crippen molar-refractivity contribution >= 4 is 11.9 Å². The number of methoxy groups -OCH3 is 1. The number of aliphatic carboxylic acids is 1. The predicted molar refractivity (Wildman–Crippen MR) is 64.8 cm³/mol. The Morgan fingerprint density at radius 1 is 1.29 bits per heavy atom. The number of hydrogen-bond donors (Lipinski definition) is 1. The van der Waals surface area contributed by atoms with Crippen LogP contribution in [0.15, 0.2) is 0 Å². The van der Waals surface area contributed by atoms with Gasteiger partial charge in [0, 0.05) is 27.1 Å². The Labute approximate surface area is 103 Å². The Kier molecular flexibility index (Phi) is 6.80.